The van der Waals surface area contributed by atoms with E-state index in [0.29, 0.717) is 6.54 Å². The Morgan fingerprint density at radius 1 is 1.05 bits per heavy atom. The molecule has 7 nitrogen and oxygen atoms in total. The van der Waals surface area contributed by atoms with Crippen molar-refractivity contribution in [3.05, 3.63) is 30.3 Å². The molecule has 0 saturated carbocycles. The lowest BCUT2D eigenvalue weighted by atomic mass is 10.3. The lowest BCUT2D eigenvalue weighted by Gasteiger charge is -2.21. The highest BCUT2D eigenvalue weighted by Crippen LogP contribution is 2.16. The van der Waals surface area contributed by atoms with Crippen LogP contribution in [0.3, 0.4) is 0 Å². The fourth-order valence-corrected chi connectivity index (χ4v) is 2.69. The van der Waals surface area contributed by atoms with E-state index < -0.39 is 0 Å². The summed E-state index contributed by atoms with van der Waals surface area (Å²) >= 11 is 0. The van der Waals surface area contributed by atoms with E-state index in [1.165, 1.54) is 0 Å². The van der Waals surface area contributed by atoms with E-state index in [9.17, 15) is 0 Å². The summed E-state index contributed by atoms with van der Waals surface area (Å²) in [6.45, 7) is 5.64. The van der Waals surface area contributed by atoms with E-state index in [4.69, 9.17) is 5.73 Å². The Hall–Kier alpha value is -1.99. The van der Waals surface area contributed by atoms with Crippen molar-refractivity contribution in [1.82, 2.24) is 25.1 Å². The molecule has 1 aromatic heterocycles. The number of benzene rings is 1. The van der Waals surface area contributed by atoms with E-state index in [0.717, 1.165) is 50.8 Å². The van der Waals surface area contributed by atoms with Crippen molar-refractivity contribution in [2.24, 2.45) is 5.73 Å². The molecule has 2 heterocycles. The van der Waals surface area contributed by atoms with E-state index in [1.807, 2.05) is 30.3 Å². The Bertz CT molecular complexity index is 553. The second-order valence-corrected chi connectivity index (χ2v) is 5.20. The Labute approximate surface area is 124 Å². The van der Waals surface area contributed by atoms with E-state index >= 15 is 0 Å². The molecule has 7 heteroatoms. The van der Waals surface area contributed by atoms with Gasteiger partial charge in [-0.15, -0.1) is 0 Å². The van der Waals surface area contributed by atoms with Gasteiger partial charge < -0.3 is 15.5 Å². The van der Waals surface area contributed by atoms with Crippen molar-refractivity contribution in [2.45, 2.75) is 6.42 Å². The van der Waals surface area contributed by atoms with Crippen LogP contribution in [0.2, 0.25) is 0 Å². The molecule has 1 aromatic carbocycles. The topological polar surface area (TPSA) is 76.1 Å². The Balaban J connectivity index is 1.77. The average molecular weight is 287 g/mol. The molecule has 21 heavy (non-hydrogen) atoms. The maximum absolute atomic E-state index is 5.65. The SMILES string of the molecule is NCCN1CCCN(c2nnnn2-c2ccccc2)CC1. The van der Waals surface area contributed by atoms with Gasteiger partial charge in [-0.3, -0.25) is 0 Å². The molecule has 0 aliphatic carbocycles. The summed E-state index contributed by atoms with van der Waals surface area (Å²) < 4.78 is 1.80. The van der Waals surface area contributed by atoms with E-state index in [-0.39, 0.29) is 0 Å². The molecule has 3 rings (SSSR count). The van der Waals surface area contributed by atoms with E-state index in [1.54, 1.807) is 4.68 Å². The van der Waals surface area contributed by atoms with Gasteiger partial charge in [-0.2, -0.15) is 4.68 Å². The minimum atomic E-state index is 0.710. The summed E-state index contributed by atoms with van der Waals surface area (Å²) in [5.74, 6) is 0.816. The molecule has 0 bridgehead atoms. The molecule has 0 unspecified atom stereocenters. The van der Waals surface area contributed by atoms with Crippen molar-refractivity contribution in [3.8, 4) is 5.69 Å². The molecular weight excluding hydrogens is 266 g/mol. The largest absolute Gasteiger partial charge is 0.338 e. The van der Waals surface area contributed by atoms with Gasteiger partial charge in [-0.05, 0) is 35.5 Å². The van der Waals surface area contributed by atoms with Crippen molar-refractivity contribution in [3.63, 3.8) is 0 Å². The maximum Gasteiger partial charge on any atom is 0.250 e. The molecule has 2 N–H and O–H groups in total. The smallest absolute Gasteiger partial charge is 0.250 e. The summed E-state index contributed by atoms with van der Waals surface area (Å²) in [6.07, 6.45) is 1.10. The third-order valence-electron chi connectivity index (χ3n) is 3.77. The summed E-state index contributed by atoms with van der Waals surface area (Å²) in [5, 5.41) is 12.2. The highest BCUT2D eigenvalue weighted by Gasteiger charge is 2.20. The summed E-state index contributed by atoms with van der Waals surface area (Å²) in [5.41, 5.74) is 6.63. The van der Waals surface area contributed by atoms with Gasteiger partial charge in [0.2, 0.25) is 5.95 Å². The molecule has 2 aromatic rings. The quantitative estimate of drug-likeness (QED) is 0.861. The highest BCUT2D eigenvalue weighted by molar-refractivity contribution is 5.40. The predicted molar refractivity (Wildman–Crippen MR) is 81.5 cm³/mol. The summed E-state index contributed by atoms with van der Waals surface area (Å²) in [4.78, 5) is 4.65. The normalized spacial score (nSPS) is 16.9. The average Bonchev–Trinajstić information content (AvgIpc) is 2.90. The van der Waals surface area contributed by atoms with Crippen molar-refractivity contribution < 1.29 is 0 Å². The first-order chi connectivity index (χ1) is 10.4. The number of anilines is 1. The van der Waals surface area contributed by atoms with Crippen LogP contribution in [0.25, 0.3) is 5.69 Å². The zero-order valence-electron chi connectivity index (χ0n) is 12.1. The fourth-order valence-electron chi connectivity index (χ4n) is 2.69. The van der Waals surface area contributed by atoms with Crippen LogP contribution in [0.4, 0.5) is 5.95 Å². The number of tetrazole rings is 1. The Kier molecular flexibility index (Phi) is 4.42. The van der Waals surface area contributed by atoms with Gasteiger partial charge in [0, 0.05) is 32.7 Å². The van der Waals surface area contributed by atoms with Crippen LogP contribution in [0.15, 0.2) is 30.3 Å². The molecule has 0 radical (unpaired) electrons. The van der Waals surface area contributed by atoms with E-state index in [2.05, 4.69) is 25.3 Å². The number of hydrogen-bond acceptors (Lipinski definition) is 6. The predicted octanol–water partition coefficient (Wildman–Crippen LogP) is 0.133. The van der Waals surface area contributed by atoms with Crippen LogP contribution in [0, 0.1) is 0 Å². The lowest BCUT2D eigenvalue weighted by molar-refractivity contribution is 0.302. The molecule has 112 valence electrons. The van der Waals surface area contributed by atoms with Crippen LogP contribution in [-0.2, 0) is 0 Å². The molecule has 1 aliphatic heterocycles. The van der Waals surface area contributed by atoms with Gasteiger partial charge in [-0.25, -0.2) is 0 Å². The first kappa shape index (κ1) is 14.0. The molecule has 1 saturated heterocycles. The maximum atomic E-state index is 5.65. The number of para-hydroxylation sites is 1. The van der Waals surface area contributed by atoms with Gasteiger partial charge in [-0.1, -0.05) is 23.3 Å². The van der Waals surface area contributed by atoms with Crippen molar-refractivity contribution >= 4 is 5.95 Å². The zero-order chi connectivity index (χ0) is 14.5. The number of rotatable bonds is 4. The van der Waals surface area contributed by atoms with Crippen molar-refractivity contribution in [2.75, 3.05) is 44.2 Å². The molecule has 1 aliphatic rings. The number of hydrogen-bond donors (Lipinski definition) is 1. The van der Waals surface area contributed by atoms with Crippen molar-refractivity contribution in [1.29, 1.82) is 0 Å². The minimum absolute atomic E-state index is 0.710. The molecule has 1 fully saturated rings. The van der Waals surface area contributed by atoms with Crippen LogP contribution < -0.4 is 10.6 Å². The number of nitrogens with zero attached hydrogens (tertiary/aromatic N) is 6. The molecular formula is C14H21N7. The highest BCUT2D eigenvalue weighted by atomic mass is 15.6. The van der Waals surface area contributed by atoms with Gasteiger partial charge in [0.15, 0.2) is 0 Å². The first-order valence-corrected chi connectivity index (χ1v) is 7.39. The summed E-state index contributed by atoms with van der Waals surface area (Å²) in [7, 11) is 0. The van der Waals surface area contributed by atoms with Gasteiger partial charge >= 0.3 is 0 Å². The molecule has 0 atom stereocenters. The molecule has 0 amide bonds. The second kappa shape index (κ2) is 6.64. The minimum Gasteiger partial charge on any atom is -0.338 e. The van der Waals surface area contributed by atoms with Crippen LogP contribution >= 0.6 is 0 Å². The lowest BCUT2D eigenvalue weighted by Crippen LogP contribution is -2.34. The Morgan fingerprint density at radius 2 is 1.90 bits per heavy atom. The monoisotopic (exact) mass is 287 g/mol. The fraction of sp³-hybridized carbons (Fsp3) is 0.500. The zero-order valence-corrected chi connectivity index (χ0v) is 12.1. The van der Waals surface area contributed by atoms with Crippen LogP contribution in [0.1, 0.15) is 6.42 Å². The third kappa shape index (κ3) is 3.20. The summed E-state index contributed by atoms with van der Waals surface area (Å²) in [6, 6.07) is 10.00. The van der Waals surface area contributed by atoms with Gasteiger partial charge in [0.1, 0.15) is 0 Å². The molecule has 0 spiro atoms. The van der Waals surface area contributed by atoms with Gasteiger partial charge in [0.05, 0.1) is 5.69 Å². The number of nitrogens with two attached hydrogens (primary N) is 1. The van der Waals surface area contributed by atoms with Crippen LogP contribution in [-0.4, -0.2) is 64.4 Å². The van der Waals surface area contributed by atoms with Crippen LogP contribution in [0.5, 0.6) is 0 Å². The van der Waals surface area contributed by atoms with Gasteiger partial charge in [0.25, 0.3) is 0 Å². The standard InChI is InChI=1S/C14H21N7/c15-7-10-19-8-4-9-20(12-11-19)14-16-17-18-21(14)13-5-2-1-3-6-13/h1-3,5-6H,4,7-12,15H2. The second-order valence-electron chi connectivity index (χ2n) is 5.20. The number of aromatic nitrogens is 4. The Morgan fingerprint density at radius 3 is 2.71 bits per heavy atom. The first-order valence-electron chi connectivity index (χ1n) is 7.39. The third-order valence-corrected chi connectivity index (χ3v) is 3.77.